The summed E-state index contributed by atoms with van der Waals surface area (Å²) in [6.45, 7) is 3.34. The Morgan fingerprint density at radius 2 is 1.56 bits per heavy atom. The summed E-state index contributed by atoms with van der Waals surface area (Å²) in [5, 5.41) is 2.01. The second kappa shape index (κ2) is 9.76. The molecule has 1 aliphatic heterocycles. The van der Waals surface area contributed by atoms with Gasteiger partial charge in [0.2, 0.25) is 11.8 Å². The van der Waals surface area contributed by atoms with E-state index in [1.165, 1.54) is 24.3 Å². The number of alkyl halides is 2. The van der Waals surface area contributed by atoms with Crippen LogP contribution in [0.2, 0.25) is 0 Å². The largest absolute Gasteiger partial charge is 0.452 e. The number of benzene rings is 2. The fourth-order valence-corrected chi connectivity index (χ4v) is 4.96. The number of carbonyl (C=O) groups is 4. The van der Waals surface area contributed by atoms with Crippen LogP contribution in [-0.2, 0) is 19.1 Å². The van der Waals surface area contributed by atoms with Crippen LogP contribution in [0.4, 0.5) is 11.4 Å². The number of anilines is 2. The van der Waals surface area contributed by atoms with Crippen LogP contribution in [0, 0.1) is 25.7 Å². The highest BCUT2D eigenvalue weighted by Gasteiger charge is 2.52. The van der Waals surface area contributed by atoms with Crippen LogP contribution in [-0.4, -0.2) is 41.1 Å². The minimum absolute atomic E-state index is 0.196. The number of ether oxygens (including phenoxy) is 1. The van der Waals surface area contributed by atoms with Crippen molar-refractivity contribution >= 4 is 58.3 Å². The Kier molecular flexibility index (Phi) is 6.96. The molecule has 0 spiro atoms. The van der Waals surface area contributed by atoms with Gasteiger partial charge in [-0.3, -0.25) is 19.3 Å². The molecule has 9 heteroatoms. The lowest BCUT2D eigenvalue weighted by atomic mass is 9.80. The van der Waals surface area contributed by atoms with Crippen LogP contribution >= 0.6 is 23.2 Å². The first-order valence-electron chi connectivity index (χ1n) is 11.0. The van der Waals surface area contributed by atoms with Gasteiger partial charge in [-0.15, -0.1) is 23.2 Å². The second-order valence-corrected chi connectivity index (χ2v) is 9.84. The lowest BCUT2D eigenvalue weighted by molar-refractivity contribution is -0.122. The molecule has 2 fully saturated rings. The summed E-state index contributed by atoms with van der Waals surface area (Å²) in [5.41, 5.74) is 3.12. The van der Waals surface area contributed by atoms with Crippen LogP contribution in [0.25, 0.3) is 0 Å². The number of amides is 3. The average Bonchev–Trinajstić information content (AvgIpc) is 3.04. The molecule has 1 saturated carbocycles. The zero-order chi connectivity index (χ0) is 24.6. The number of carbonyl (C=O) groups excluding carboxylic acids is 4. The Hall–Kier alpha value is -2.90. The average molecular weight is 503 g/mol. The van der Waals surface area contributed by atoms with E-state index < -0.39 is 30.3 Å². The van der Waals surface area contributed by atoms with E-state index in [1.807, 2.05) is 32.0 Å². The van der Waals surface area contributed by atoms with Gasteiger partial charge in [0, 0.05) is 5.69 Å². The number of esters is 1. The SMILES string of the molecule is Cc1ccc(C)c(NC(=O)COC(=O)c2ccc(N3C(=O)[C@H]4C[C@H](Cl)[C@@H](Cl)C[C@H]4C3=O)cc2)c1. The van der Waals surface area contributed by atoms with Crippen molar-refractivity contribution in [1.82, 2.24) is 0 Å². The van der Waals surface area contributed by atoms with Crippen molar-refractivity contribution < 1.29 is 23.9 Å². The van der Waals surface area contributed by atoms with Gasteiger partial charge in [-0.2, -0.15) is 0 Å². The molecular formula is C25H24Cl2N2O5. The molecule has 1 saturated heterocycles. The number of rotatable bonds is 5. The maximum Gasteiger partial charge on any atom is 0.338 e. The monoisotopic (exact) mass is 502 g/mol. The van der Waals surface area contributed by atoms with E-state index in [2.05, 4.69) is 5.32 Å². The third-order valence-corrected chi connectivity index (χ3v) is 7.37. The number of halogens is 2. The van der Waals surface area contributed by atoms with Crippen LogP contribution in [0.5, 0.6) is 0 Å². The number of hydrogen-bond acceptors (Lipinski definition) is 5. The molecule has 2 aromatic rings. The number of hydrogen-bond donors (Lipinski definition) is 1. The maximum absolute atomic E-state index is 12.9. The Morgan fingerprint density at radius 3 is 2.15 bits per heavy atom. The highest BCUT2D eigenvalue weighted by molar-refractivity contribution is 6.31. The minimum atomic E-state index is -0.689. The van der Waals surface area contributed by atoms with Gasteiger partial charge in [-0.05, 0) is 68.1 Å². The molecule has 0 unspecified atom stereocenters. The normalized spacial score (nSPS) is 24.1. The maximum atomic E-state index is 12.9. The molecule has 0 bridgehead atoms. The molecule has 3 amide bonds. The molecule has 2 aromatic carbocycles. The smallest absolute Gasteiger partial charge is 0.338 e. The first-order chi connectivity index (χ1) is 16.2. The van der Waals surface area contributed by atoms with Crippen molar-refractivity contribution in [3.8, 4) is 0 Å². The van der Waals surface area contributed by atoms with Gasteiger partial charge in [0.15, 0.2) is 6.61 Å². The minimum Gasteiger partial charge on any atom is -0.452 e. The third-order valence-electron chi connectivity index (χ3n) is 6.27. The highest BCUT2D eigenvalue weighted by atomic mass is 35.5. The van der Waals surface area contributed by atoms with Gasteiger partial charge in [-0.1, -0.05) is 12.1 Å². The summed E-state index contributed by atoms with van der Waals surface area (Å²) in [6, 6.07) is 11.6. The molecule has 0 radical (unpaired) electrons. The number of fused-ring (bicyclic) bond motifs is 1. The zero-order valence-corrected chi connectivity index (χ0v) is 20.2. The Balaban J connectivity index is 1.37. The van der Waals surface area contributed by atoms with Gasteiger partial charge in [0.1, 0.15) is 0 Å². The van der Waals surface area contributed by atoms with Gasteiger partial charge in [0.25, 0.3) is 5.91 Å². The van der Waals surface area contributed by atoms with Crippen molar-refractivity contribution in [2.75, 3.05) is 16.8 Å². The van der Waals surface area contributed by atoms with E-state index in [0.717, 1.165) is 16.0 Å². The molecule has 4 atom stereocenters. The summed E-state index contributed by atoms with van der Waals surface area (Å²) >= 11 is 12.4. The first kappa shape index (κ1) is 24.2. The van der Waals surface area contributed by atoms with E-state index in [1.54, 1.807) is 0 Å². The van der Waals surface area contributed by atoms with Crippen LogP contribution in [0.15, 0.2) is 42.5 Å². The predicted molar refractivity (Wildman–Crippen MR) is 129 cm³/mol. The van der Waals surface area contributed by atoms with E-state index >= 15 is 0 Å². The molecule has 7 nitrogen and oxygen atoms in total. The molecule has 4 rings (SSSR count). The summed E-state index contributed by atoms with van der Waals surface area (Å²) in [5.74, 6) is -2.71. The molecule has 1 aliphatic carbocycles. The molecule has 178 valence electrons. The van der Waals surface area contributed by atoms with E-state index in [-0.39, 0.29) is 28.1 Å². The lowest BCUT2D eigenvalue weighted by Crippen LogP contribution is -2.34. The Labute approximate surface area is 207 Å². The molecular weight excluding hydrogens is 479 g/mol. The standard InChI is InChI=1S/C25H24Cl2N2O5/c1-13-3-4-14(2)21(9-13)28-22(30)12-34-25(33)15-5-7-16(8-6-15)29-23(31)17-10-19(26)20(27)11-18(17)24(29)32/h3-9,17-20H,10-12H2,1-2H3,(H,28,30)/t17-,18+,19-,20-/m0/s1. The van der Waals surface area contributed by atoms with E-state index in [9.17, 15) is 19.2 Å². The molecule has 1 heterocycles. The highest BCUT2D eigenvalue weighted by Crippen LogP contribution is 2.43. The van der Waals surface area contributed by atoms with Crippen molar-refractivity contribution in [3.63, 3.8) is 0 Å². The lowest BCUT2D eigenvalue weighted by Gasteiger charge is -2.28. The summed E-state index contributed by atoms with van der Waals surface area (Å²) in [4.78, 5) is 51.4. The number of imide groups is 1. The quantitative estimate of drug-likeness (QED) is 0.375. The van der Waals surface area contributed by atoms with Crippen LogP contribution < -0.4 is 10.2 Å². The summed E-state index contributed by atoms with van der Waals surface area (Å²) in [7, 11) is 0. The summed E-state index contributed by atoms with van der Waals surface area (Å²) in [6.07, 6.45) is 0.714. The third kappa shape index (κ3) is 4.81. The van der Waals surface area contributed by atoms with Crippen LogP contribution in [0.1, 0.15) is 34.3 Å². The predicted octanol–water partition coefficient (Wildman–Crippen LogP) is 4.21. The fraction of sp³-hybridized carbons (Fsp3) is 0.360. The van der Waals surface area contributed by atoms with Gasteiger partial charge in [0.05, 0.1) is 33.8 Å². The van der Waals surface area contributed by atoms with Gasteiger partial charge >= 0.3 is 5.97 Å². The molecule has 2 aliphatic rings. The topological polar surface area (TPSA) is 92.8 Å². The van der Waals surface area contributed by atoms with Crippen molar-refractivity contribution in [2.24, 2.45) is 11.8 Å². The van der Waals surface area contributed by atoms with Gasteiger partial charge < -0.3 is 10.1 Å². The van der Waals surface area contributed by atoms with Crippen LogP contribution in [0.3, 0.4) is 0 Å². The number of nitrogens with one attached hydrogen (secondary N) is 1. The van der Waals surface area contributed by atoms with E-state index in [0.29, 0.717) is 24.2 Å². The Morgan fingerprint density at radius 1 is 0.971 bits per heavy atom. The number of nitrogens with zero attached hydrogens (tertiary/aromatic N) is 1. The zero-order valence-electron chi connectivity index (χ0n) is 18.7. The molecule has 34 heavy (non-hydrogen) atoms. The second-order valence-electron chi connectivity index (χ2n) is 8.72. The number of aryl methyl sites for hydroxylation is 2. The summed E-state index contributed by atoms with van der Waals surface area (Å²) < 4.78 is 5.11. The molecule has 1 N–H and O–H groups in total. The van der Waals surface area contributed by atoms with Crippen molar-refractivity contribution in [2.45, 2.75) is 37.4 Å². The van der Waals surface area contributed by atoms with Gasteiger partial charge in [-0.25, -0.2) is 4.79 Å². The van der Waals surface area contributed by atoms with E-state index in [4.69, 9.17) is 27.9 Å². The van der Waals surface area contributed by atoms with Crippen molar-refractivity contribution in [3.05, 3.63) is 59.2 Å². The molecule has 0 aromatic heterocycles. The fourth-order valence-electron chi connectivity index (χ4n) is 4.37. The van der Waals surface area contributed by atoms with Crippen molar-refractivity contribution in [1.29, 1.82) is 0 Å². The first-order valence-corrected chi connectivity index (χ1v) is 11.8. The Bertz CT molecular complexity index is 1120.